The molecule has 0 amide bonds. The summed E-state index contributed by atoms with van der Waals surface area (Å²) in [5.41, 5.74) is 7.81. The molecule has 0 aliphatic heterocycles. The summed E-state index contributed by atoms with van der Waals surface area (Å²) in [7, 11) is 0. The molecule has 0 aliphatic rings. The summed E-state index contributed by atoms with van der Waals surface area (Å²) in [5, 5.41) is 9.93. The van der Waals surface area contributed by atoms with Gasteiger partial charge in [0.25, 0.3) is 0 Å². The van der Waals surface area contributed by atoms with Crippen LogP contribution in [0.25, 0.3) is 10.6 Å². The van der Waals surface area contributed by atoms with Crippen molar-refractivity contribution in [3.05, 3.63) is 33.2 Å². The molecule has 0 saturated heterocycles. The van der Waals surface area contributed by atoms with E-state index in [4.69, 9.17) is 5.73 Å². The number of nitrogens with zero attached hydrogens (tertiary/aromatic N) is 2. The SMILES string of the molecule is Cc1ccc(Br)cc1-c1nnc(CN)s1. The van der Waals surface area contributed by atoms with Gasteiger partial charge in [-0.25, -0.2) is 0 Å². The first kappa shape index (κ1) is 10.7. The van der Waals surface area contributed by atoms with Crippen molar-refractivity contribution in [3.63, 3.8) is 0 Å². The van der Waals surface area contributed by atoms with E-state index in [9.17, 15) is 0 Å². The molecule has 0 aliphatic carbocycles. The summed E-state index contributed by atoms with van der Waals surface area (Å²) < 4.78 is 1.05. The summed E-state index contributed by atoms with van der Waals surface area (Å²) in [6, 6.07) is 6.13. The summed E-state index contributed by atoms with van der Waals surface area (Å²) in [4.78, 5) is 0. The lowest BCUT2D eigenvalue weighted by atomic mass is 10.1. The van der Waals surface area contributed by atoms with Gasteiger partial charge in [-0.05, 0) is 24.6 Å². The Balaban J connectivity index is 2.48. The summed E-state index contributed by atoms with van der Waals surface area (Å²) in [6.07, 6.45) is 0. The molecule has 15 heavy (non-hydrogen) atoms. The zero-order valence-corrected chi connectivity index (χ0v) is 10.6. The molecule has 0 bridgehead atoms. The van der Waals surface area contributed by atoms with Crippen LogP contribution in [-0.4, -0.2) is 10.2 Å². The average molecular weight is 284 g/mol. The Bertz CT molecular complexity index is 481. The van der Waals surface area contributed by atoms with Gasteiger partial charge in [0, 0.05) is 16.6 Å². The molecular formula is C10H10BrN3S. The van der Waals surface area contributed by atoms with Crippen LogP contribution in [0.5, 0.6) is 0 Å². The molecule has 2 aromatic rings. The number of rotatable bonds is 2. The van der Waals surface area contributed by atoms with E-state index in [0.717, 1.165) is 20.1 Å². The van der Waals surface area contributed by atoms with Crippen LogP contribution in [0.15, 0.2) is 22.7 Å². The second kappa shape index (κ2) is 4.38. The minimum Gasteiger partial charge on any atom is -0.324 e. The van der Waals surface area contributed by atoms with Gasteiger partial charge in [-0.15, -0.1) is 10.2 Å². The average Bonchev–Trinajstić information content (AvgIpc) is 2.70. The maximum atomic E-state index is 5.51. The van der Waals surface area contributed by atoms with E-state index in [1.54, 1.807) is 11.3 Å². The topological polar surface area (TPSA) is 51.8 Å². The van der Waals surface area contributed by atoms with E-state index >= 15 is 0 Å². The third-order valence-electron chi connectivity index (χ3n) is 2.07. The quantitative estimate of drug-likeness (QED) is 0.922. The molecule has 78 valence electrons. The molecular weight excluding hydrogens is 274 g/mol. The van der Waals surface area contributed by atoms with Crippen LogP contribution in [0, 0.1) is 6.92 Å². The van der Waals surface area contributed by atoms with E-state index in [2.05, 4.69) is 45.2 Å². The molecule has 3 nitrogen and oxygen atoms in total. The lowest BCUT2D eigenvalue weighted by Gasteiger charge is -2.01. The number of halogens is 1. The van der Waals surface area contributed by atoms with Crippen molar-refractivity contribution in [1.82, 2.24) is 10.2 Å². The normalized spacial score (nSPS) is 10.6. The maximum Gasteiger partial charge on any atom is 0.148 e. The molecule has 0 atom stereocenters. The van der Waals surface area contributed by atoms with Crippen LogP contribution >= 0.6 is 27.3 Å². The second-order valence-corrected chi connectivity index (χ2v) is 5.14. The molecule has 2 rings (SSSR count). The fourth-order valence-corrected chi connectivity index (χ4v) is 2.43. The highest BCUT2D eigenvalue weighted by molar-refractivity contribution is 9.10. The van der Waals surface area contributed by atoms with Crippen molar-refractivity contribution in [2.24, 2.45) is 5.73 Å². The zero-order valence-electron chi connectivity index (χ0n) is 8.20. The zero-order chi connectivity index (χ0) is 10.8. The first-order valence-electron chi connectivity index (χ1n) is 4.49. The Kier molecular flexibility index (Phi) is 3.14. The Morgan fingerprint density at radius 1 is 1.40 bits per heavy atom. The van der Waals surface area contributed by atoms with Gasteiger partial charge in [-0.3, -0.25) is 0 Å². The van der Waals surface area contributed by atoms with Crippen molar-refractivity contribution >= 4 is 27.3 Å². The van der Waals surface area contributed by atoms with E-state index in [1.165, 1.54) is 5.56 Å². The van der Waals surface area contributed by atoms with Crippen LogP contribution in [-0.2, 0) is 6.54 Å². The summed E-state index contributed by atoms with van der Waals surface area (Å²) in [5.74, 6) is 0. The predicted molar refractivity (Wildman–Crippen MR) is 65.7 cm³/mol. The summed E-state index contributed by atoms with van der Waals surface area (Å²) >= 11 is 4.99. The van der Waals surface area contributed by atoms with Crippen molar-refractivity contribution in [3.8, 4) is 10.6 Å². The molecule has 5 heteroatoms. The highest BCUT2D eigenvalue weighted by Gasteiger charge is 2.08. The molecule has 0 fully saturated rings. The minimum absolute atomic E-state index is 0.449. The van der Waals surface area contributed by atoms with Gasteiger partial charge in [0.2, 0.25) is 0 Å². The van der Waals surface area contributed by atoms with Gasteiger partial charge in [0.05, 0.1) is 0 Å². The smallest absolute Gasteiger partial charge is 0.148 e. The van der Waals surface area contributed by atoms with Gasteiger partial charge in [0.15, 0.2) is 0 Å². The predicted octanol–water partition coefficient (Wildman–Crippen LogP) is 2.73. The third-order valence-corrected chi connectivity index (χ3v) is 3.54. The van der Waals surface area contributed by atoms with Crippen molar-refractivity contribution in [2.75, 3.05) is 0 Å². The van der Waals surface area contributed by atoms with Gasteiger partial charge in [-0.1, -0.05) is 33.3 Å². The number of hydrogen-bond acceptors (Lipinski definition) is 4. The van der Waals surface area contributed by atoms with Gasteiger partial charge in [0.1, 0.15) is 10.0 Å². The van der Waals surface area contributed by atoms with Crippen LogP contribution in [0.1, 0.15) is 10.6 Å². The monoisotopic (exact) mass is 283 g/mol. The van der Waals surface area contributed by atoms with E-state index in [0.29, 0.717) is 6.54 Å². The van der Waals surface area contributed by atoms with E-state index < -0.39 is 0 Å². The fourth-order valence-electron chi connectivity index (χ4n) is 1.27. The highest BCUT2D eigenvalue weighted by atomic mass is 79.9. The molecule has 1 aromatic carbocycles. The van der Waals surface area contributed by atoms with Crippen LogP contribution in [0.4, 0.5) is 0 Å². The molecule has 0 unspecified atom stereocenters. The first-order valence-corrected chi connectivity index (χ1v) is 6.10. The molecule has 1 aromatic heterocycles. The van der Waals surface area contributed by atoms with Crippen molar-refractivity contribution < 1.29 is 0 Å². The van der Waals surface area contributed by atoms with Crippen molar-refractivity contribution in [1.29, 1.82) is 0 Å². The first-order chi connectivity index (χ1) is 7.20. The molecule has 0 radical (unpaired) electrons. The highest BCUT2D eigenvalue weighted by Crippen LogP contribution is 2.28. The second-order valence-electron chi connectivity index (χ2n) is 3.16. The largest absolute Gasteiger partial charge is 0.324 e. The number of hydrogen-bond donors (Lipinski definition) is 1. The Labute approximate surface area is 100 Å². The minimum atomic E-state index is 0.449. The van der Waals surface area contributed by atoms with Crippen molar-refractivity contribution in [2.45, 2.75) is 13.5 Å². The van der Waals surface area contributed by atoms with Gasteiger partial charge < -0.3 is 5.73 Å². The molecule has 2 N–H and O–H groups in total. The van der Waals surface area contributed by atoms with E-state index in [-0.39, 0.29) is 0 Å². The Morgan fingerprint density at radius 3 is 2.87 bits per heavy atom. The van der Waals surface area contributed by atoms with Crippen LogP contribution < -0.4 is 5.73 Å². The standard InChI is InChI=1S/C10H10BrN3S/c1-6-2-3-7(11)4-8(6)10-14-13-9(5-12)15-10/h2-4H,5,12H2,1H3. The van der Waals surface area contributed by atoms with Gasteiger partial charge in [-0.2, -0.15) is 0 Å². The summed E-state index contributed by atoms with van der Waals surface area (Å²) in [6.45, 7) is 2.51. The fraction of sp³-hybridized carbons (Fsp3) is 0.200. The van der Waals surface area contributed by atoms with Gasteiger partial charge >= 0.3 is 0 Å². The molecule has 1 heterocycles. The third kappa shape index (κ3) is 2.25. The number of aromatic nitrogens is 2. The van der Waals surface area contributed by atoms with Crippen LogP contribution in [0.3, 0.4) is 0 Å². The van der Waals surface area contributed by atoms with Crippen LogP contribution in [0.2, 0.25) is 0 Å². The Morgan fingerprint density at radius 2 is 2.20 bits per heavy atom. The van der Waals surface area contributed by atoms with E-state index in [1.807, 2.05) is 6.07 Å². The molecule has 0 spiro atoms. The Hall–Kier alpha value is -0.780. The number of benzene rings is 1. The number of aryl methyl sites for hydroxylation is 1. The maximum absolute atomic E-state index is 5.51. The lowest BCUT2D eigenvalue weighted by Crippen LogP contribution is -1.94. The molecule has 0 saturated carbocycles. The lowest BCUT2D eigenvalue weighted by molar-refractivity contribution is 0.960. The number of nitrogens with two attached hydrogens (primary N) is 1.